The van der Waals surface area contributed by atoms with Crippen molar-refractivity contribution in [3.8, 4) is 11.8 Å². The van der Waals surface area contributed by atoms with Crippen molar-refractivity contribution in [3.63, 3.8) is 0 Å². The number of hydrogen-bond acceptors (Lipinski definition) is 3. The van der Waals surface area contributed by atoms with Crippen LogP contribution < -0.4 is 0 Å². The zero-order valence-corrected chi connectivity index (χ0v) is 10.0. The summed E-state index contributed by atoms with van der Waals surface area (Å²) in [5.74, 6) is 5.24. The second-order valence-electron chi connectivity index (χ2n) is 3.46. The molecule has 16 heavy (non-hydrogen) atoms. The summed E-state index contributed by atoms with van der Waals surface area (Å²) in [6, 6.07) is 0. The third kappa shape index (κ3) is 9.29. The van der Waals surface area contributed by atoms with E-state index in [1.807, 2.05) is 0 Å². The number of esters is 1. The molecular weight excluding hydrogens is 204 g/mol. The number of aliphatic hydroxyl groups is 1. The molecule has 0 bridgehead atoms. The highest BCUT2D eigenvalue weighted by atomic mass is 16.5. The second-order valence-corrected chi connectivity index (χ2v) is 3.46. The van der Waals surface area contributed by atoms with E-state index in [2.05, 4.69) is 23.5 Å². The predicted octanol–water partition coefficient (Wildman–Crippen LogP) is 2.05. The van der Waals surface area contributed by atoms with Gasteiger partial charge in [0.1, 0.15) is 6.10 Å². The Hall–Kier alpha value is -1.27. The lowest BCUT2D eigenvalue weighted by atomic mass is 10.2. The zero-order valence-electron chi connectivity index (χ0n) is 10.0. The molecule has 0 amide bonds. The van der Waals surface area contributed by atoms with Gasteiger partial charge >= 0.3 is 5.97 Å². The van der Waals surface area contributed by atoms with Crippen LogP contribution in [0.2, 0.25) is 0 Å². The Labute approximate surface area is 97.5 Å². The van der Waals surface area contributed by atoms with Gasteiger partial charge in [0.2, 0.25) is 0 Å². The predicted molar refractivity (Wildman–Crippen MR) is 63.7 cm³/mol. The van der Waals surface area contributed by atoms with E-state index >= 15 is 0 Å². The number of aliphatic hydroxyl groups excluding tert-OH is 1. The van der Waals surface area contributed by atoms with Crippen LogP contribution in [-0.2, 0) is 9.53 Å². The van der Waals surface area contributed by atoms with Crippen molar-refractivity contribution in [2.24, 2.45) is 0 Å². The summed E-state index contributed by atoms with van der Waals surface area (Å²) in [5.41, 5.74) is 0. The average molecular weight is 224 g/mol. The Morgan fingerprint density at radius 3 is 2.88 bits per heavy atom. The fraction of sp³-hybridized carbons (Fsp3) is 0.615. The molecule has 0 aromatic carbocycles. The van der Waals surface area contributed by atoms with Gasteiger partial charge in [0.15, 0.2) is 0 Å². The molecule has 1 atom stereocenters. The molecule has 0 saturated heterocycles. The first-order chi connectivity index (χ1) is 7.70. The molecule has 0 unspecified atom stereocenters. The monoisotopic (exact) mass is 224 g/mol. The number of unbranched alkanes of at least 4 members (excludes halogenated alkanes) is 3. The molecule has 0 fully saturated rings. The highest BCUT2D eigenvalue weighted by Crippen LogP contribution is 1.98. The quantitative estimate of drug-likeness (QED) is 0.325. The molecule has 0 rings (SSSR count). The lowest BCUT2D eigenvalue weighted by Gasteiger charge is -1.96. The molecular formula is C13H20O3. The van der Waals surface area contributed by atoms with Gasteiger partial charge in [-0.2, -0.15) is 0 Å². The standard InChI is InChI=1S/C13H20O3/c1-3-4-5-6-7-9-12(14)10-8-11-13(15)16-2/h8,11-12,14H,3-6,10H2,1-2H3/b11-8-/t12-/m0/s1. The molecule has 3 nitrogen and oxygen atoms in total. The summed E-state index contributed by atoms with van der Waals surface area (Å²) in [4.78, 5) is 10.7. The Bertz CT molecular complexity index is 271. The summed E-state index contributed by atoms with van der Waals surface area (Å²) >= 11 is 0. The fourth-order valence-electron chi connectivity index (χ4n) is 1.07. The van der Waals surface area contributed by atoms with Crippen molar-refractivity contribution in [1.29, 1.82) is 0 Å². The van der Waals surface area contributed by atoms with Crippen molar-refractivity contribution >= 4 is 5.97 Å². The molecule has 0 aliphatic carbocycles. The fourth-order valence-corrected chi connectivity index (χ4v) is 1.07. The van der Waals surface area contributed by atoms with Crippen molar-refractivity contribution < 1.29 is 14.6 Å². The van der Waals surface area contributed by atoms with Gasteiger partial charge < -0.3 is 9.84 Å². The Morgan fingerprint density at radius 2 is 2.25 bits per heavy atom. The van der Waals surface area contributed by atoms with Crippen LogP contribution in [0.3, 0.4) is 0 Å². The molecule has 1 N–H and O–H groups in total. The largest absolute Gasteiger partial charge is 0.466 e. The van der Waals surface area contributed by atoms with Crippen LogP contribution in [0.5, 0.6) is 0 Å². The Morgan fingerprint density at radius 1 is 1.50 bits per heavy atom. The van der Waals surface area contributed by atoms with E-state index < -0.39 is 12.1 Å². The summed E-state index contributed by atoms with van der Waals surface area (Å²) in [6.07, 6.45) is 6.77. The molecule has 3 heteroatoms. The lowest BCUT2D eigenvalue weighted by molar-refractivity contribution is -0.134. The maximum atomic E-state index is 10.7. The smallest absolute Gasteiger partial charge is 0.330 e. The summed E-state index contributed by atoms with van der Waals surface area (Å²) in [7, 11) is 1.32. The van der Waals surface area contributed by atoms with Crippen LogP contribution in [0, 0.1) is 11.8 Å². The van der Waals surface area contributed by atoms with E-state index in [-0.39, 0.29) is 0 Å². The highest BCUT2D eigenvalue weighted by molar-refractivity contribution is 5.81. The van der Waals surface area contributed by atoms with Gasteiger partial charge in [-0.3, -0.25) is 0 Å². The number of methoxy groups -OCH3 is 1. The third-order valence-electron chi connectivity index (χ3n) is 1.99. The Balaban J connectivity index is 3.68. The van der Waals surface area contributed by atoms with E-state index in [0.717, 1.165) is 12.8 Å². The van der Waals surface area contributed by atoms with Gasteiger partial charge in [0, 0.05) is 18.9 Å². The summed E-state index contributed by atoms with van der Waals surface area (Å²) in [5, 5.41) is 9.41. The van der Waals surface area contributed by atoms with Gasteiger partial charge in [-0.1, -0.05) is 31.8 Å². The molecule has 0 spiro atoms. The normalized spacial score (nSPS) is 11.9. The molecule has 0 heterocycles. The molecule has 0 radical (unpaired) electrons. The minimum absolute atomic E-state index is 0.357. The average Bonchev–Trinajstić information content (AvgIpc) is 2.28. The number of rotatable bonds is 6. The molecule has 90 valence electrons. The minimum Gasteiger partial charge on any atom is -0.466 e. The highest BCUT2D eigenvalue weighted by Gasteiger charge is 1.96. The Kier molecular flexibility index (Phi) is 9.44. The second kappa shape index (κ2) is 10.3. The van der Waals surface area contributed by atoms with Gasteiger partial charge in [-0.15, -0.1) is 5.92 Å². The molecule has 0 aromatic heterocycles. The molecule has 0 aromatic rings. The van der Waals surface area contributed by atoms with Crippen LogP contribution in [-0.4, -0.2) is 24.3 Å². The van der Waals surface area contributed by atoms with Crippen LogP contribution in [0.4, 0.5) is 0 Å². The van der Waals surface area contributed by atoms with E-state index in [1.54, 1.807) is 6.08 Å². The number of carbonyl (C=O) groups excluding carboxylic acids is 1. The van der Waals surface area contributed by atoms with Crippen molar-refractivity contribution in [2.45, 2.75) is 45.1 Å². The van der Waals surface area contributed by atoms with Gasteiger partial charge in [-0.05, 0) is 6.42 Å². The van der Waals surface area contributed by atoms with Crippen molar-refractivity contribution in [3.05, 3.63) is 12.2 Å². The maximum Gasteiger partial charge on any atom is 0.330 e. The van der Waals surface area contributed by atoms with Crippen molar-refractivity contribution in [1.82, 2.24) is 0 Å². The first-order valence-electron chi connectivity index (χ1n) is 5.61. The van der Waals surface area contributed by atoms with E-state index in [9.17, 15) is 9.90 Å². The number of hydrogen-bond donors (Lipinski definition) is 1. The van der Waals surface area contributed by atoms with E-state index in [0.29, 0.717) is 6.42 Å². The van der Waals surface area contributed by atoms with Crippen LogP contribution in [0.1, 0.15) is 39.0 Å². The minimum atomic E-state index is -0.692. The van der Waals surface area contributed by atoms with E-state index in [1.165, 1.54) is 26.0 Å². The third-order valence-corrected chi connectivity index (χ3v) is 1.99. The maximum absolute atomic E-state index is 10.7. The topological polar surface area (TPSA) is 46.5 Å². The van der Waals surface area contributed by atoms with Gasteiger partial charge in [-0.25, -0.2) is 4.79 Å². The van der Waals surface area contributed by atoms with Crippen LogP contribution in [0.15, 0.2) is 12.2 Å². The number of ether oxygens (including phenoxy) is 1. The SMILES string of the molecule is CCCCCC#C[C@H](O)C/C=C\C(=O)OC. The van der Waals surface area contributed by atoms with Gasteiger partial charge in [0.25, 0.3) is 0 Å². The molecule has 0 saturated carbocycles. The lowest BCUT2D eigenvalue weighted by Crippen LogP contribution is -2.01. The van der Waals surface area contributed by atoms with Crippen LogP contribution in [0.25, 0.3) is 0 Å². The number of carbonyl (C=O) groups is 1. The van der Waals surface area contributed by atoms with Crippen LogP contribution >= 0.6 is 0 Å². The molecule has 0 aliphatic heterocycles. The van der Waals surface area contributed by atoms with Crippen molar-refractivity contribution in [2.75, 3.05) is 7.11 Å². The summed E-state index contributed by atoms with van der Waals surface area (Å²) in [6.45, 7) is 2.14. The van der Waals surface area contributed by atoms with E-state index in [4.69, 9.17) is 0 Å². The zero-order chi connectivity index (χ0) is 12.2. The summed E-state index contributed by atoms with van der Waals surface area (Å²) < 4.78 is 4.41. The first-order valence-corrected chi connectivity index (χ1v) is 5.61. The first kappa shape index (κ1) is 14.7. The molecule has 0 aliphatic rings. The van der Waals surface area contributed by atoms with Gasteiger partial charge in [0.05, 0.1) is 7.11 Å².